The number of esters is 1. The van der Waals surface area contributed by atoms with Crippen molar-refractivity contribution in [1.29, 1.82) is 0 Å². The third-order valence-electron chi connectivity index (χ3n) is 3.48. The van der Waals surface area contributed by atoms with Crippen molar-refractivity contribution in [2.75, 3.05) is 12.4 Å². The highest BCUT2D eigenvalue weighted by Gasteiger charge is 2.05. The van der Waals surface area contributed by atoms with Crippen LogP contribution >= 0.6 is 11.8 Å². The minimum atomic E-state index is -0.387. The van der Waals surface area contributed by atoms with E-state index in [-0.39, 0.29) is 5.97 Å². The van der Waals surface area contributed by atoms with E-state index in [1.54, 1.807) is 18.7 Å². The Kier molecular flexibility index (Phi) is 5.39. The number of ether oxygens (including phenoxy) is 1. The molecule has 0 aliphatic rings. The fourth-order valence-electron chi connectivity index (χ4n) is 2.42. The smallest absolute Gasteiger partial charge is 0.334 e. The van der Waals surface area contributed by atoms with E-state index in [4.69, 9.17) is 9.15 Å². The van der Waals surface area contributed by atoms with Crippen molar-refractivity contribution in [3.63, 3.8) is 0 Å². The lowest BCUT2D eigenvalue weighted by Crippen LogP contribution is -2.07. The van der Waals surface area contributed by atoms with Gasteiger partial charge in [0.15, 0.2) is 0 Å². The maximum absolute atomic E-state index is 11.7. The molecule has 0 fully saturated rings. The molecule has 1 aromatic heterocycles. The average Bonchev–Trinajstić information content (AvgIpc) is 2.94. The molecule has 122 valence electrons. The van der Waals surface area contributed by atoms with E-state index < -0.39 is 0 Å². The zero-order valence-electron chi connectivity index (χ0n) is 13.4. The second-order valence-electron chi connectivity index (χ2n) is 5.10. The van der Waals surface area contributed by atoms with Crippen LogP contribution in [-0.4, -0.2) is 18.3 Å². The van der Waals surface area contributed by atoms with E-state index in [1.165, 1.54) is 11.0 Å². The van der Waals surface area contributed by atoms with Gasteiger partial charge in [-0.2, -0.15) is 0 Å². The fraction of sp³-hybridized carbons (Fsp3) is 0.150. The summed E-state index contributed by atoms with van der Waals surface area (Å²) >= 11 is 1.74. The van der Waals surface area contributed by atoms with Crippen LogP contribution in [0.1, 0.15) is 6.92 Å². The number of rotatable bonds is 5. The van der Waals surface area contributed by atoms with E-state index >= 15 is 0 Å². The van der Waals surface area contributed by atoms with Gasteiger partial charge < -0.3 is 9.15 Å². The summed E-state index contributed by atoms with van der Waals surface area (Å²) in [5.41, 5.74) is 1.32. The maximum atomic E-state index is 11.7. The summed E-state index contributed by atoms with van der Waals surface area (Å²) in [5, 5.41) is 1.92. The standard InChI is InChI=1S/C20H18O3S/c1-2-22-20(21)14-19-17-11-7-6-10-16(17)18(23-19)12-13-24-15-8-4-3-5-9-15/h3-12,14H,2,13H2,1H3/b18-12-,19-14-. The first-order chi connectivity index (χ1) is 11.8. The molecule has 0 bridgehead atoms. The Morgan fingerprint density at radius 3 is 2.42 bits per heavy atom. The molecule has 3 nitrogen and oxygen atoms in total. The van der Waals surface area contributed by atoms with Gasteiger partial charge >= 0.3 is 5.97 Å². The number of carbonyl (C=O) groups excluding carboxylic acids is 1. The van der Waals surface area contributed by atoms with Crippen LogP contribution in [0.2, 0.25) is 0 Å². The monoisotopic (exact) mass is 338 g/mol. The molecular formula is C20H18O3S. The normalized spacial score (nSPS) is 12.7. The van der Waals surface area contributed by atoms with Crippen LogP contribution in [0, 0.1) is 0 Å². The quantitative estimate of drug-likeness (QED) is 0.528. The van der Waals surface area contributed by atoms with Crippen molar-refractivity contribution < 1.29 is 13.9 Å². The molecule has 3 rings (SSSR count). The van der Waals surface area contributed by atoms with Gasteiger partial charge in [0.05, 0.1) is 12.7 Å². The molecule has 1 heterocycles. The van der Waals surface area contributed by atoms with Gasteiger partial charge in [0, 0.05) is 21.4 Å². The summed E-state index contributed by atoms with van der Waals surface area (Å²) in [5.74, 6) is 0.405. The van der Waals surface area contributed by atoms with Crippen LogP contribution in [0.15, 0.2) is 63.9 Å². The number of furan rings is 1. The van der Waals surface area contributed by atoms with Gasteiger partial charge in [0.25, 0.3) is 0 Å². The molecule has 3 aromatic rings. The van der Waals surface area contributed by atoms with Crippen molar-refractivity contribution in [2.45, 2.75) is 11.8 Å². The number of hydrogen-bond donors (Lipinski definition) is 0. The molecule has 0 aliphatic heterocycles. The summed E-state index contributed by atoms with van der Waals surface area (Å²) in [6.45, 7) is 2.13. The van der Waals surface area contributed by atoms with Crippen molar-refractivity contribution in [2.24, 2.45) is 0 Å². The van der Waals surface area contributed by atoms with Gasteiger partial charge in [-0.05, 0) is 25.1 Å². The molecule has 0 aliphatic carbocycles. The van der Waals surface area contributed by atoms with Crippen molar-refractivity contribution in [3.8, 4) is 0 Å². The van der Waals surface area contributed by atoms with Crippen molar-refractivity contribution >= 4 is 40.7 Å². The largest absolute Gasteiger partial charge is 0.463 e. The first-order valence-electron chi connectivity index (χ1n) is 7.82. The first-order valence-corrected chi connectivity index (χ1v) is 8.80. The third-order valence-corrected chi connectivity index (χ3v) is 4.41. The first kappa shape index (κ1) is 16.4. The van der Waals surface area contributed by atoms with E-state index in [0.717, 1.165) is 21.9 Å². The highest BCUT2D eigenvalue weighted by atomic mass is 32.2. The summed E-state index contributed by atoms with van der Waals surface area (Å²) < 4.78 is 10.9. The zero-order valence-corrected chi connectivity index (χ0v) is 14.2. The number of benzene rings is 2. The molecule has 0 amide bonds. The minimum Gasteiger partial charge on any atom is -0.463 e. The molecular weight excluding hydrogens is 320 g/mol. The summed E-state index contributed by atoms with van der Waals surface area (Å²) in [7, 11) is 0. The molecule has 0 N–H and O–H groups in total. The van der Waals surface area contributed by atoms with Crippen molar-refractivity contribution in [3.05, 3.63) is 65.4 Å². The lowest BCUT2D eigenvalue weighted by molar-refractivity contribution is -0.135. The Hall–Kier alpha value is -2.46. The van der Waals surface area contributed by atoms with Gasteiger partial charge in [-0.1, -0.05) is 42.5 Å². The minimum absolute atomic E-state index is 0.348. The highest BCUT2D eigenvalue weighted by molar-refractivity contribution is 7.99. The summed E-state index contributed by atoms with van der Waals surface area (Å²) in [6, 6.07) is 18.1. The molecule has 0 atom stereocenters. The second kappa shape index (κ2) is 7.88. The number of carbonyl (C=O) groups is 1. The van der Waals surface area contributed by atoms with Crippen LogP contribution in [0.25, 0.3) is 22.9 Å². The van der Waals surface area contributed by atoms with Crippen LogP contribution in [-0.2, 0) is 9.53 Å². The third kappa shape index (κ3) is 3.89. The van der Waals surface area contributed by atoms with Gasteiger partial charge in [0.1, 0.15) is 10.8 Å². The predicted octanol–water partition coefficient (Wildman–Crippen LogP) is 3.35. The number of fused-ring (bicyclic) bond motifs is 1. The van der Waals surface area contributed by atoms with E-state index in [9.17, 15) is 4.79 Å². The summed E-state index contributed by atoms with van der Waals surface area (Å²) in [6.07, 6.45) is 3.45. The lowest BCUT2D eigenvalue weighted by atomic mass is 10.2. The van der Waals surface area contributed by atoms with Gasteiger partial charge in [0.2, 0.25) is 0 Å². The van der Waals surface area contributed by atoms with Crippen LogP contribution < -0.4 is 10.8 Å². The predicted molar refractivity (Wildman–Crippen MR) is 98.2 cm³/mol. The van der Waals surface area contributed by atoms with Gasteiger partial charge in [-0.15, -0.1) is 11.8 Å². The van der Waals surface area contributed by atoms with E-state index in [0.29, 0.717) is 12.0 Å². The topological polar surface area (TPSA) is 39.4 Å². The van der Waals surface area contributed by atoms with E-state index in [1.807, 2.05) is 48.5 Å². The number of thioether (sulfide) groups is 1. The Bertz CT molecular complexity index is 942. The summed E-state index contributed by atoms with van der Waals surface area (Å²) in [4.78, 5) is 12.9. The molecule has 0 saturated carbocycles. The highest BCUT2D eigenvalue weighted by Crippen LogP contribution is 2.17. The van der Waals surface area contributed by atoms with Crippen molar-refractivity contribution in [1.82, 2.24) is 0 Å². The average molecular weight is 338 g/mol. The Labute approximate surface area is 144 Å². The van der Waals surface area contributed by atoms with Crippen LogP contribution in [0.5, 0.6) is 0 Å². The zero-order chi connectivity index (χ0) is 16.8. The van der Waals surface area contributed by atoms with Crippen LogP contribution in [0.3, 0.4) is 0 Å². The fourth-order valence-corrected chi connectivity index (χ4v) is 3.20. The SMILES string of the molecule is CCOC(=O)/C=c1\o/c(=C\CSc2ccccc2)c2ccccc12. The Morgan fingerprint density at radius 1 is 1.04 bits per heavy atom. The Morgan fingerprint density at radius 2 is 1.71 bits per heavy atom. The van der Waals surface area contributed by atoms with E-state index in [2.05, 4.69) is 12.1 Å². The molecule has 2 aromatic carbocycles. The second-order valence-corrected chi connectivity index (χ2v) is 6.19. The molecule has 4 heteroatoms. The Balaban J connectivity index is 1.93. The number of hydrogen-bond acceptors (Lipinski definition) is 4. The van der Waals surface area contributed by atoms with Gasteiger partial charge in [-0.25, -0.2) is 4.79 Å². The molecule has 24 heavy (non-hydrogen) atoms. The molecule has 0 saturated heterocycles. The van der Waals surface area contributed by atoms with Crippen LogP contribution in [0.4, 0.5) is 0 Å². The molecule has 0 unspecified atom stereocenters. The molecule has 0 spiro atoms. The lowest BCUT2D eigenvalue weighted by Gasteiger charge is -1.95. The molecule has 0 radical (unpaired) electrons. The van der Waals surface area contributed by atoms with Gasteiger partial charge in [-0.3, -0.25) is 0 Å². The maximum Gasteiger partial charge on any atom is 0.334 e.